The first-order chi connectivity index (χ1) is 9.47. The molecule has 1 amide bonds. The Kier molecular flexibility index (Phi) is 4.39. The molecule has 0 aliphatic carbocycles. The number of nitrogen functional groups attached to an aromatic ring is 1. The molecule has 2 aromatic rings. The Morgan fingerprint density at radius 3 is 2.65 bits per heavy atom. The molecule has 3 N–H and O–H groups in total. The average Bonchev–Trinajstić information content (AvgIpc) is 2.37. The molecule has 1 atom stereocenters. The van der Waals surface area contributed by atoms with Crippen molar-refractivity contribution < 1.29 is 9.18 Å². The van der Waals surface area contributed by atoms with Gasteiger partial charge < -0.3 is 11.1 Å². The van der Waals surface area contributed by atoms with Crippen molar-refractivity contribution in [3.05, 3.63) is 63.9 Å². The molecule has 0 fully saturated rings. The third-order valence-electron chi connectivity index (χ3n) is 2.90. The zero-order chi connectivity index (χ0) is 14.7. The van der Waals surface area contributed by atoms with Gasteiger partial charge >= 0.3 is 0 Å². The molecule has 0 aromatic heterocycles. The van der Waals surface area contributed by atoms with Gasteiger partial charge in [0.05, 0.1) is 6.04 Å². The third-order valence-corrected chi connectivity index (χ3v) is 3.36. The van der Waals surface area contributed by atoms with Gasteiger partial charge in [0.15, 0.2) is 0 Å². The predicted octanol–water partition coefficient (Wildman–Crippen LogP) is 3.66. The maximum absolute atomic E-state index is 13.6. The summed E-state index contributed by atoms with van der Waals surface area (Å²) in [6, 6.07) is 10.9. The van der Waals surface area contributed by atoms with Crippen LogP contribution < -0.4 is 11.1 Å². The number of hydrogen-bond acceptors (Lipinski definition) is 2. The smallest absolute Gasteiger partial charge is 0.251 e. The molecule has 5 heteroatoms. The van der Waals surface area contributed by atoms with E-state index in [4.69, 9.17) is 5.73 Å². The van der Waals surface area contributed by atoms with E-state index in [2.05, 4.69) is 21.2 Å². The first kappa shape index (κ1) is 14.5. The van der Waals surface area contributed by atoms with Gasteiger partial charge in [0, 0.05) is 21.3 Å². The fourth-order valence-corrected chi connectivity index (χ4v) is 2.44. The third kappa shape index (κ3) is 3.36. The summed E-state index contributed by atoms with van der Waals surface area (Å²) in [5.74, 6) is -0.636. The lowest BCUT2D eigenvalue weighted by atomic mass is 10.1. The normalized spacial score (nSPS) is 11.9. The van der Waals surface area contributed by atoms with Crippen molar-refractivity contribution in [2.24, 2.45) is 0 Å². The molecular weight excluding hydrogens is 323 g/mol. The number of benzene rings is 2. The summed E-state index contributed by atoms with van der Waals surface area (Å²) in [4.78, 5) is 12.1. The van der Waals surface area contributed by atoms with Crippen molar-refractivity contribution in [2.45, 2.75) is 13.0 Å². The Labute approximate surface area is 125 Å². The minimum atomic E-state index is -0.427. The Hall–Kier alpha value is -1.88. The number of carbonyl (C=O) groups excluding carboxylic acids is 1. The van der Waals surface area contributed by atoms with Crippen molar-refractivity contribution in [2.75, 3.05) is 5.73 Å². The molecular formula is C15H14BrFN2O. The summed E-state index contributed by atoms with van der Waals surface area (Å²) in [5, 5.41) is 2.75. The van der Waals surface area contributed by atoms with E-state index in [-0.39, 0.29) is 11.7 Å². The Morgan fingerprint density at radius 1 is 1.30 bits per heavy atom. The number of nitrogens with one attached hydrogen (secondary N) is 1. The van der Waals surface area contributed by atoms with Gasteiger partial charge in [0.25, 0.3) is 5.91 Å². The second kappa shape index (κ2) is 6.05. The van der Waals surface area contributed by atoms with Crippen LogP contribution in [0.25, 0.3) is 0 Å². The number of rotatable bonds is 3. The maximum atomic E-state index is 13.6. The maximum Gasteiger partial charge on any atom is 0.251 e. The number of anilines is 1. The minimum absolute atomic E-state index is 0.297. The van der Waals surface area contributed by atoms with E-state index in [1.54, 1.807) is 43.3 Å². The van der Waals surface area contributed by atoms with Gasteiger partial charge in [0.1, 0.15) is 5.82 Å². The standard InChI is InChI=1S/C15H14BrFN2O/c1-9(13-4-2-3-5-14(13)17)19-15(20)10-6-11(16)8-12(18)7-10/h2-9H,18H2,1H3,(H,19,20). The number of carbonyl (C=O) groups is 1. The number of hydrogen-bond donors (Lipinski definition) is 2. The first-order valence-corrected chi connectivity index (χ1v) is 6.88. The molecule has 0 radical (unpaired) electrons. The summed E-state index contributed by atoms with van der Waals surface area (Å²) < 4.78 is 14.4. The van der Waals surface area contributed by atoms with Crippen molar-refractivity contribution in [3.8, 4) is 0 Å². The summed E-state index contributed by atoms with van der Waals surface area (Å²) in [7, 11) is 0. The van der Waals surface area contributed by atoms with Gasteiger partial charge in [-0.1, -0.05) is 34.1 Å². The predicted molar refractivity (Wildman–Crippen MR) is 80.8 cm³/mol. The monoisotopic (exact) mass is 336 g/mol. The van der Waals surface area contributed by atoms with Gasteiger partial charge in [-0.25, -0.2) is 4.39 Å². The van der Waals surface area contributed by atoms with Gasteiger partial charge in [-0.3, -0.25) is 4.79 Å². The zero-order valence-corrected chi connectivity index (χ0v) is 12.4. The molecule has 2 aromatic carbocycles. The van der Waals surface area contributed by atoms with Crippen molar-refractivity contribution in [3.63, 3.8) is 0 Å². The first-order valence-electron chi connectivity index (χ1n) is 6.08. The number of nitrogens with two attached hydrogens (primary N) is 1. The molecule has 3 nitrogen and oxygen atoms in total. The number of halogens is 2. The van der Waals surface area contributed by atoms with Gasteiger partial charge in [-0.05, 0) is 31.2 Å². The average molecular weight is 337 g/mol. The molecule has 2 rings (SSSR count). The van der Waals surface area contributed by atoms with Crippen LogP contribution in [-0.2, 0) is 0 Å². The Bertz CT molecular complexity index is 625. The van der Waals surface area contributed by atoms with Crippen molar-refractivity contribution >= 4 is 27.5 Å². The van der Waals surface area contributed by atoms with Crippen LogP contribution in [0.15, 0.2) is 46.9 Å². The molecule has 0 aliphatic heterocycles. The molecule has 0 heterocycles. The molecule has 1 unspecified atom stereocenters. The quantitative estimate of drug-likeness (QED) is 0.840. The molecule has 20 heavy (non-hydrogen) atoms. The Balaban J connectivity index is 2.17. The minimum Gasteiger partial charge on any atom is -0.399 e. The topological polar surface area (TPSA) is 55.1 Å². The van der Waals surface area contributed by atoms with Crippen LogP contribution in [0, 0.1) is 5.82 Å². The molecule has 0 aliphatic rings. The summed E-state index contributed by atoms with van der Waals surface area (Å²) in [6.45, 7) is 1.73. The fraction of sp³-hybridized carbons (Fsp3) is 0.133. The van der Waals surface area contributed by atoms with Gasteiger partial charge in [-0.15, -0.1) is 0 Å². The molecule has 0 saturated carbocycles. The van der Waals surface area contributed by atoms with E-state index in [1.807, 2.05) is 0 Å². The highest BCUT2D eigenvalue weighted by molar-refractivity contribution is 9.10. The van der Waals surface area contributed by atoms with E-state index in [1.165, 1.54) is 6.07 Å². The van der Waals surface area contributed by atoms with Crippen LogP contribution in [0.5, 0.6) is 0 Å². The highest BCUT2D eigenvalue weighted by Gasteiger charge is 2.14. The lowest BCUT2D eigenvalue weighted by Crippen LogP contribution is -2.27. The van der Waals surface area contributed by atoms with E-state index < -0.39 is 6.04 Å². The SMILES string of the molecule is CC(NC(=O)c1cc(N)cc(Br)c1)c1ccccc1F. The highest BCUT2D eigenvalue weighted by atomic mass is 79.9. The van der Waals surface area contributed by atoms with E-state index in [9.17, 15) is 9.18 Å². The largest absolute Gasteiger partial charge is 0.399 e. The van der Waals surface area contributed by atoms with Crippen LogP contribution in [0.3, 0.4) is 0 Å². The van der Waals surface area contributed by atoms with E-state index in [0.717, 1.165) is 4.47 Å². The molecule has 0 bridgehead atoms. The lowest BCUT2D eigenvalue weighted by Gasteiger charge is -2.15. The van der Waals surface area contributed by atoms with E-state index >= 15 is 0 Å². The van der Waals surface area contributed by atoms with Crippen LogP contribution in [0.2, 0.25) is 0 Å². The molecule has 0 saturated heterocycles. The van der Waals surface area contributed by atoms with Crippen LogP contribution in [-0.4, -0.2) is 5.91 Å². The summed E-state index contributed by atoms with van der Waals surface area (Å²) in [6.07, 6.45) is 0. The Morgan fingerprint density at radius 2 is 2.00 bits per heavy atom. The summed E-state index contributed by atoms with van der Waals surface area (Å²) in [5.41, 5.74) is 7.06. The van der Waals surface area contributed by atoms with Crippen molar-refractivity contribution in [1.82, 2.24) is 5.32 Å². The van der Waals surface area contributed by atoms with Crippen LogP contribution >= 0.6 is 15.9 Å². The lowest BCUT2D eigenvalue weighted by molar-refractivity contribution is 0.0939. The van der Waals surface area contributed by atoms with Crippen LogP contribution in [0.4, 0.5) is 10.1 Å². The van der Waals surface area contributed by atoms with Gasteiger partial charge in [0.2, 0.25) is 0 Å². The van der Waals surface area contributed by atoms with Crippen LogP contribution in [0.1, 0.15) is 28.9 Å². The molecule has 0 spiro atoms. The second-order valence-electron chi connectivity index (χ2n) is 4.49. The summed E-state index contributed by atoms with van der Waals surface area (Å²) >= 11 is 3.28. The van der Waals surface area contributed by atoms with Gasteiger partial charge in [-0.2, -0.15) is 0 Å². The second-order valence-corrected chi connectivity index (χ2v) is 5.41. The van der Waals surface area contributed by atoms with E-state index in [0.29, 0.717) is 16.8 Å². The highest BCUT2D eigenvalue weighted by Crippen LogP contribution is 2.20. The number of amides is 1. The van der Waals surface area contributed by atoms with Crippen molar-refractivity contribution in [1.29, 1.82) is 0 Å². The zero-order valence-electron chi connectivity index (χ0n) is 10.9. The molecule has 104 valence electrons. The fourth-order valence-electron chi connectivity index (χ4n) is 1.93.